The molecule has 0 unspecified atom stereocenters. The maximum absolute atomic E-state index is 12.8. The number of rotatable bonds is 4. The molecule has 27 heavy (non-hydrogen) atoms. The highest BCUT2D eigenvalue weighted by molar-refractivity contribution is 6.09. The maximum Gasteiger partial charge on any atom is 0.329 e. The van der Waals surface area contributed by atoms with Crippen molar-refractivity contribution in [2.24, 2.45) is 0 Å². The van der Waals surface area contributed by atoms with Crippen molar-refractivity contribution in [3.8, 4) is 0 Å². The Balaban J connectivity index is 1.61. The van der Waals surface area contributed by atoms with Crippen LogP contribution in [0.1, 0.15) is 13.3 Å². The molecule has 138 valence electrons. The molecule has 0 bridgehead atoms. The van der Waals surface area contributed by atoms with Gasteiger partial charge in [-0.05, 0) is 31.2 Å². The standard InChI is InChI=1S/C20H20N4O3/c1-2-22-16-9-5-6-10-17(16)23(20(22)27)12-11-19(26)24-13-18(25)21-14-7-3-4-8-15(14)24/h3-10H,2,11-13H2,1H3,(H,21,25). The van der Waals surface area contributed by atoms with Crippen LogP contribution in [0.15, 0.2) is 53.3 Å². The molecule has 0 radical (unpaired) electrons. The first kappa shape index (κ1) is 17.1. The van der Waals surface area contributed by atoms with E-state index in [0.29, 0.717) is 17.9 Å². The summed E-state index contributed by atoms with van der Waals surface area (Å²) >= 11 is 0. The summed E-state index contributed by atoms with van der Waals surface area (Å²) in [5.41, 5.74) is 2.87. The van der Waals surface area contributed by atoms with E-state index in [1.807, 2.05) is 49.4 Å². The summed E-state index contributed by atoms with van der Waals surface area (Å²) in [5.74, 6) is -0.403. The Kier molecular flexibility index (Phi) is 4.27. The Morgan fingerprint density at radius 3 is 2.41 bits per heavy atom. The van der Waals surface area contributed by atoms with Crippen LogP contribution in [0.4, 0.5) is 11.4 Å². The minimum absolute atomic E-state index is 0.0124. The number of carbonyl (C=O) groups is 2. The average Bonchev–Trinajstić information content (AvgIpc) is 2.96. The van der Waals surface area contributed by atoms with E-state index in [0.717, 1.165) is 11.0 Å². The zero-order valence-electron chi connectivity index (χ0n) is 15.0. The summed E-state index contributed by atoms with van der Waals surface area (Å²) in [6.45, 7) is 2.75. The number of hydrogen-bond acceptors (Lipinski definition) is 3. The average molecular weight is 364 g/mol. The number of benzene rings is 2. The third-order valence-electron chi connectivity index (χ3n) is 4.86. The van der Waals surface area contributed by atoms with Crippen molar-refractivity contribution in [2.75, 3.05) is 16.8 Å². The van der Waals surface area contributed by atoms with E-state index in [4.69, 9.17) is 0 Å². The summed E-state index contributed by atoms with van der Waals surface area (Å²) in [7, 11) is 0. The molecule has 1 aliphatic rings. The summed E-state index contributed by atoms with van der Waals surface area (Å²) in [4.78, 5) is 38.9. The second-order valence-corrected chi connectivity index (χ2v) is 6.46. The normalized spacial score (nSPS) is 13.5. The topological polar surface area (TPSA) is 76.3 Å². The van der Waals surface area contributed by atoms with E-state index in [1.54, 1.807) is 15.2 Å². The molecule has 0 atom stereocenters. The van der Waals surface area contributed by atoms with Crippen LogP contribution in [0.25, 0.3) is 11.0 Å². The number of carbonyl (C=O) groups excluding carboxylic acids is 2. The first-order valence-electron chi connectivity index (χ1n) is 8.97. The van der Waals surface area contributed by atoms with Gasteiger partial charge < -0.3 is 10.2 Å². The highest BCUT2D eigenvalue weighted by Gasteiger charge is 2.26. The van der Waals surface area contributed by atoms with E-state index in [2.05, 4.69) is 5.32 Å². The number of aryl methyl sites for hydroxylation is 2. The molecule has 1 N–H and O–H groups in total. The van der Waals surface area contributed by atoms with Crippen LogP contribution >= 0.6 is 0 Å². The lowest BCUT2D eigenvalue weighted by Gasteiger charge is -2.29. The first-order valence-corrected chi connectivity index (χ1v) is 8.97. The number of hydrogen-bond donors (Lipinski definition) is 1. The van der Waals surface area contributed by atoms with Crippen LogP contribution in [0.3, 0.4) is 0 Å². The number of amides is 2. The third kappa shape index (κ3) is 2.91. The highest BCUT2D eigenvalue weighted by atomic mass is 16.2. The smallest absolute Gasteiger partial charge is 0.323 e. The lowest BCUT2D eigenvalue weighted by molar-refractivity contribution is -0.122. The molecule has 1 aliphatic heterocycles. The van der Waals surface area contributed by atoms with Crippen molar-refractivity contribution in [3.05, 3.63) is 59.0 Å². The summed E-state index contributed by atoms with van der Waals surface area (Å²) in [6, 6.07) is 14.8. The second kappa shape index (κ2) is 6.75. The van der Waals surface area contributed by atoms with Gasteiger partial charge in [0.1, 0.15) is 6.54 Å². The van der Waals surface area contributed by atoms with Crippen LogP contribution in [-0.4, -0.2) is 27.5 Å². The van der Waals surface area contributed by atoms with Crippen LogP contribution in [0.5, 0.6) is 0 Å². The number of aromatic nitrogens is 2. The largest absolute Gasteiger partial charge is 0.329 e. The molecule has 7 heteroatoms. The predicted molar refractivity (Wildman–Crippen MR) is 104 cm³/mol. The van der Waals surface area contributed by atoms with Gasteiger partial charge in [-0.25, -0.2) is 4.79 Å². The van der Waals surface area contributed by atoms with Gasteiger partial charge in [-0.1, -0.05) is 24.3 Å². The molecule has 4 rings (SSSR count). The Labute approximate surface area is 155 Å². The highest BCUT2D eigenvalue weighted by Crippen LogP contribution is 2.29. The summed E-state index contributed by atoms with van der Waals surface area (Å²) in [6.07, 6.45) is 0.138. The fourth-order valence-corrected chi connectivity index (χ4v) is 3.59. The van der Waals surface area contributed by atoms with E-state index in [9.17, 15) is 14.4 Å². The second-order valence-electron chi connectivity index (χ2n) is 6.46. The van der Waals surface area contributed by atoms with Crippen LogP contribution in [0.2, 0.25) is 0 Å². The molecule has 0 saturated carbocycles. The van der Waals surface area contributed by atoms with Crippen LogP contribution in [-0.2, 0) is 22.7 Å². The number of para-hydroxylation sites is 4. The molecule has 0 fully saturated rings. The number of nitrogens with one attached hydrogen (secondary N) is 1. The minimum Gasteiger partial charge on any atom is -0.323 e. The molecule has 7 nitrogen and oxygen atoms in total. The van der Waals surface area contributed by atoms with Crippen molar-refractivity contribution < 1.29 is 9.59 Å². The molecule has 0 aliphatic carbocycles. The quantitative estimate of drug-likeness (QED) is 0.771. The predicted octanol–water partition coefficient (Wildman–Crippen LogP) is 2.20. The van der Waals surface area contributed by atoms with Crippen LogP contribution < -0.4 is 15.9 Å². The van der Waals surface area contributed by atoms with Gasteiger partial charge in [0.2, 0.25) is 11.8 Å². The molecule has 2 aromatic carbocycles. The number of imidazole rings is 1. The van der Waals surface area contributed by atoms with Gasteiger partial charge in [0.15, 0.2) is 0 Å². The monoisotopic (exact) mass is 364 g/mol. The molecule has 1 aromatic heterocycles. The third-order valence-corrected chi connectivity index (χ3v) is 4.86. The molecule has 2 heterocycles. The molecule has 3 aromatic rings. The van der Waals surface area contributed by atoms with E-state index >= 15 is 0 Å². The maximum atomic E-state index is 12.8. The molecule has 0 spiro atoms. The fourth-order valence-electron chi connectivity index (χ4n) is 3.59. The SMILES string of the molecule is CCn1c(=O)n(CCC(=O)N2CC(=O)Nc3ccccc32)c2ccccc21. The lowest BCUT2D eigenvalue weighted by Crippen LogP contribution is -2.42. The number of nitrogens with zero attached hydrogens (tertiary/aromatic N) is 3. The Morgan fingerprint density at radius 1 is 1.00 bits per heavy atom. The molecule has 0 saturated heterocycles. The molecular formula is C20H20N4O3. The Bertz CT molecular complexity index is 1100. The Hall–Kier alpha value is -3.35. The fraction of sp³-hybridized carbons (Fsp3) is 0.250. The van der Waals surface area contributed by atoms with Gasteiger partial charge in [0, 0.05) is 19.5 Å². The van der Waals surface area contributed by atoms with E-state index in [-0.39, 0.29) is 37.0 Å². The van der Waals surface area contributed by atoms with Crippen molar-refractivity contribution in [3.63, 3.8) is 0 Å². The number of fused-ring (bicyclic) bond motifs is 2. The molecule has 2 amide bonds. The summed E-state index contributed by atoms with van der Waals surface area (Å²) in [5, 5.41) is 2.77. The lowest BCUT2D eigenvalue weighted by atomic mass is 10.2. The van der Waals surface area contributed by atoms with E-state index in [1.165, 1.54) is 4.90 Å². The van der Waals surface area contributed by atoms with Gasteiger partial charge in [-0.2, -0.15) is 0 Å². The number of anilines is 2. The van der Waals surface area contributed by atoms with Gasteiger partial charge >= 0.3 is 5.69 Å². The Morgan fingerprint density at radius 2 is 1.67 bits per heavy atom. The van der Waals surface area contributed by atoms with Gasteiger partial charge in [-0.15, -0.1) is 0 Å². The van der Waals surface area contributed by atoms with Crippen molar-refractivity contribution >= 4 is 34.2 Å². The minimum atomic E-state index is -0.221. The van der Waals surface area contributed by atoms with Crippen molar-refractivity contribution in [1.29, 1.82) is 0 Å². The van der Waals surface area contributed by atoms with Crippen molar-refractivity contribution in [2.45, 2.75) is 26.4 Å². The van der Waals surface area contributed by atoms with E-state index < -0.39 is 0 Å². The van der Waals surface area contributed by atoms with Gasteiger partial charge in [-0.3, -0.25) is 18.7 Å². The zero-order valence-corrected chi connectivity index (χ0v) is 15.0. The summed E-state index contributed by atoms with van der Waals surface area (Å²) < 4.78 is 3.33. The van der Waals surface area contributed by atoms with Crippen LogP contribution in [0, 0.1) is 0 Å². The van der Waals surface area contributed by atoms with Gasteiger partial charge in [0.05, 0.1) is 22.4 Å². The van der Waals surface area contributed by atoms with Crippen molar-refractivity contribution in [1.82, 2.24) is 9.13 Å². The molecular weight excluding hydrogens is 344 g/mol. The van der Waals surface area contributed by atoms with Gasteiger partial charge in [0.25, 0.3) is 0 Å². The zero-order chi connectivity index (χ0) is 19.0. The first-order chi connectivity index (χ1) is 13.1.